The van der Waals surface area contributed by atoms with Crippen molar-refractivity contribution in [3.63, 3.8) is 0 Å². The summed E-state index contributed by atoms with van der Waals surface area (Å²) in [5.74, 6) is 1.19. The Hall–Kier alpha value is -3.25. The average molecular weight is 627 g/mol. The molecule has 1 fully saturated rings. The van der Waals surface area contributed by atoms with Crippen LogP contribution >= 0.6 is 22.9 Å². The molecule has 42 heavy (non-hydrogen) atoms. The second-order valence-corrected chi connectivity index (χ2v) is 14.5. The van der Waals surface area contributed by atoms with Crippen molar-refractivity contribution in [3.05, 3.63) is 64.8 Å². The van der Waals surface area contributed by atoms with E-state index in [0.29, 0.717) is 17.1 Å². The third-order valence-corrected chi connectivity index (χ3v) is 10.2. The topological polar surface area (TPSA) is 109 Å². The minimum absolute atomic E-state index is 0.0643. The second-order valence-electron chi connectivity index (χ2n) is 10.7. The number of benzene rings is 2. The lowest BCUT2D eigenvalue weighted by Gasteiger charge is -2.17. The van der Waals surface area contributed by atoms with Gasteiger partial charge in [-0.25, -0.2) is 18.4 Å². The molecule has 0 saturated carbocycles. The van der Waals surface area contributed by atoms with E-state index in [1.54, 1.807) is 49.4 Å². The van der Waals surface area contributed by atoms with E-state index < -0.39 is 15.1 Å². The maximum absolute atomic E-state index is 12.9. The number of sulfone groups is 1. The van der Waals surface area contributed by atoms with Crippen LogP contribution in [0.4, 0.5) is 23.1 Å². The first-order valence-corrected chi connectivity index (χ1v) is 16.8. The summed E-state index contributed by atoms with van der Waals surface area (Å²) in [7, 11) is -3.54. The molecule has 0 radical (unpaired) electrons. The Bertz CT molecular complexity index is 1650. The van der Waals surface area contributed by atoms with Crippen molar-refractivity contribution in [1.82, 2.24) is 19.9 Å². The van der Waals surface area contributed by atoms with Gasteiger partial charge in [0.25, 0.3) is 0 Å². The summed E-state index contributed by atoms with van der Waals surface area (Å²) < 4.78 is 32.0. The number of nitrogens with one attached hydrogen (secondary N) is 2. The predicted molar refractivity (Wildman–Crippen MR) is 170 cm³/mol. The highest BCUT2D eigenvalue weighted by atomic mass is 35.5. The SMILES string of the molecule is CC(C)Oc1cc(-c2nc(CN3CCCC3)cs2)ccc1Nc1ncc(Cl)c(Nc2ccccc2S(=O)(=O)C(C)C)n1. The Labute approximate surface area is 256 Å². The highest BCUT2D eigenvalue weighted by Crippen LogP contribution is 2.36. The molecule has 0 aliphatic carbocycles. The molecule has 2 aromatic carbocycles. The zero-order valence-corrected chi connectivity index (χ0v) is 26.5. The van der Waals surface area contributed by atoms with Gasteiger partial charge in [-0.2, -0.15) is 4.98 Å². The number of ether oxygens (including phenoxy) is 1. The highest BCUT2D eigenvalue weighted by molar-refractivity contribution is 7.92. The van der Waals surface area contributed by atoms with Gasteiger partial charge < -0.3 is 15.4 Å². The van der Waals surface area contributed by atoms with Crippen LogP contribution in [0.5, 0.6) is 5.75 Å². The molecule has 2 aromatic heterocycles. The van der Waals surface area contributed by atoms with E-state index >= 15 is 0 Å². The molecule has 0 bridgehead atoms. The molecule has 0 spiro atoms. The van der Waals surface area contributed by atoms with E-state index in [0.717, 1.165) is 35.9 Å². The Balaban J connectivity index is 1.40. The molecule has 1 saturated heterocycles. The minimum Gasteiger partial charge on any atom is -0.489 e. The quantitative estimate of drug-likeness (QED) is 0.177. The number of hydrogen-bond acceptors (Lipinski definition) is 10. The van der Waals surface area contributed by atoms with Gasteiger partial charge >= 0.3 is 0 Å². The van der Waals surface area contributed by atoms with Gasteiger partial charge in [-0.05, 0) is 84.0 Å². The minimum atomic E-state index is -3.54. The first-order chi connectivity index (χ1) is 20.1. The van der Waals surface area contributed by atoms with Crippen molar-refractivity contribution in [2.24, 2.45) is 0 Å². The van der Waals surface area contributed by atoms with Crippen LogP contribution < -0.4 is 15.4 Å². The third-order valence-electron chi connectivity index (χ3n) is 6.79. The molecule has 0 unspecified atom stereocenters. The molecule has 9 nitrogen and oxygen atoms in total. The molecule has 1 aliphatic rings. The van der Waals surface area contributed by atoms with Crippen molar-refractivity contribution in [1.29, 1.82) is 0 Å². The average Bonchev–Trinajstić information content (AvgIpc) is 3.64. The summed E-state index contributed by atoms with van der Waals surface area (Å²) in [5.41, 5.74) is 3.12. The molecule has 12 heteroatoms. The Kier molecular flexibility index (Phi) is 9.32. The summed E-state index contributed by atoms with van der Waals surface area (Å²) in [5, 5.41) is 9.06. The van der Waals surface area contributed by atoms with Gasteiger partial charge in [-0.15, -0.1) is 11.3 Å². The lowest BCUT2D eigenvalue weighted by molar-refractivity contribution is 0.244. The molecular weight excluding hydrogens is 592 g/mol. The number of likely N-dealkylation sites (tertiary alicyclic amines) is 1. The smallest absolute Gasteiger partial charge is 0.229 e. The largest absolute Gasteiger partial charge is 0.489 e. The maximum Gasteiger partial charge on any atom is 0.229 e. The summed E-state index contributed by atoms with van der Waals surface area (Å²) in [6.07, 6.45) is 3.91. The molecule has 0 atom stereocenters. The summed E-state index contributed by atoms with van der Waals surface area (Å²) in [6.45, 7) is 10.4. The summed E-state index contributed by atoms with van der Waals surface area (Å²) >= 11 is 8.05. The van der Waals surface area contributed by atoms with Crippen molar-refractivity contribution in [2.45, 2.75) is 63.3 Å². The maximum atomic E-state index is 12.9. The number of hydrogen-bond donors (Lipinski definition) is 2. The zero-order valence-electron chi connectivity index (χ0n) is 24.1. The van der Waals surface area contributed by atoms with Crippen LogP contribution in [-0.4, -0.2) is 52.7 Å². The standard InChI is InChI=1S/C30H35ClN6O3S2/c1-19(2)40-26-15-21(29-33-22(18-41-29)17-37-13-7-8-14-37)11-12-24(26)35-30-32-16-23(31)28(36-30)34-25-9-5-6-10-27(25)42(38,39)20(3)4/h5-6,9-12,15-16,18-20H,7-8,13-14,17H2,1-4H3,(H2,32,34,35,36). The van der Waals surface area contributed by atoms with Crippen LogP contribution in [0.25, 0.3) is 10.6 Å². The van der Waals surface area contributed by atoms with Crippen molar-refractivity contribution in [2.75, 3.05) is 23.7 Å². The van der Waals surface area contributed by atoms with Crippen LogP contribution in [0.15, 0.2) is 58.9 Å². The van der Waals surface area contributed by atoms with Crippen molar-refractivity contribution < 1.29 is 13.2 Å². The number of anilines is 4. The van der Waals surface area contributed by atoms with Gasteiger partial charge in [-0.3, -0.25) is 4.90 Å². The number of aromatic nitrogens is 3. The zero-order chi connectivity index (χ0) is 29.9. The van der Waals surface area contributed by atoms with Crippen LogP contribution in [0.2, 0.25) is 5.02 Å². The van der Waals surface area contributed by atoms with E-state index in [-0.39, 0.29) is 27.8 Å². The number of rotatable bonds is 11. The number of nitrogens with zero attached hydrogens (tertiary/aromatic N) is 4. The van der Waals surface area contributed by atoms with Crippen LogP contribution in [-0.2, 0) is 16.4 Å². The van der Waals surface area contributed by atoms with Gasteiger partial charge in [0.15, 0.2) is 15.7 Å². The van der Waals surface area contributed by atoms with Crippen molar-refractivity contribution >= 4 is 55.9 Å². The third kappa shape index (κ3) is 7.03. The van der Waals surface area contributed by atoms with E-state index in [1.165, 1.54) is 19.0 Å². The highest BCUT2D eigenvalue weighted by Gasteiger charge is 2.23. The van der Waals surface area contributed by atoms with E-state index in [2.05, 4.69) is 30.9 Å². The van der Waals surface area contributed by atoms with Crippen LogP contribution in [0.3, 0.4) is 0 Å². The number of thiazole rings is 1. The summed E-state index contributed by atoms with van der Waals surface area (Å²) in [4.78, 5) is 16.4. The van der Waals surface area contributed by atoms with E-state index in [4.69, 9.17) is 21.3 Å². The number of para-hydroxylation sites is 1. The van der Waals surface area contributed by atoms with Crippen molar-refractivity contribution in [3.8, 4) is 16.3 Å². The molecule has 0 amide bonds. The fraction of sp³-hybridized carbons (Fsp3) is 0.367. The van der Waals surface area contributed by atoms with E-state index in [9.17, 15) is 8.42 Å². The molecule has 5 rings (SSSR count). The fourth-order valence-electron chi connectivity index (χ4n) is 4.63. The second kappa shape index (κ2) is 12.9. The van der Waals surface area contributed by atoms with Crippen LogP contribution in [0, 0.1) is 0 Å². The predicted octanol–water partition coefficient (Wildman–Crippen LogP) is 7.31. The normalized spacial score (nSPS) is 14.1. The number of halogens is 1. The van der Waals surface area contributed by atoms with Gasteiger partial charge in [0.05, 0.1) is 39.5 Å². The molecule has 2 N–H and O–H groups in total. The van der Waals surface area contributed by atoms with Gasteiger partial charge in [0, 0.05) is 17.5 Å². The lowest BCUT2D eigenvalue weighted by Crippen LogP contribution is -2.18. The summed E-state index contributed by atoms with van der Waals surface area (Å²) in [6, 6.07) is 12.6. The Morgan fingerprint density at radius 2 is 1.79 bits per heavy atom. The first-order valence-electron chi connectivity index (χ1n) is 14.0. The first kappa shape index (κ1) is 30.2. The van der Waals surface area contributed by atoms with Gasteiger partial charge in [0.1, 0.15) is 15.8 Å². The Morgan fingerprint density at radius 3 is 2.52 bits per heavy atom. The fourth-order valence-corrected chi connectivity index (χ4v) is 6.77. The molecular formula is C30H35ClN6O3S2. The van der Waals surface area contributed by atoms with Gasteiger partial charge in [0.2, 0.25) is 5.95 Å². The van der Waals surface area contributed by atoms with E-state index in [1.807, 2.05) is 32.0 Å². The van der Waals surface area contributed by atoms with Gasteiger partial charge in [-0.1, -0.05) is 23.7 Å². The molecule has 3 heterocycles. The monoisotopic (exact) mass is 626 g/mol. The lowest BCUT2D eigenvalue weighted by atomic mass is 10.2. The molecule has 1 aliphatic heterocycles. The molecule has 4 aromatic rings. The Morgan fingerprint density at radius 1 is 1.02 bits per heavy atom. The van der Waals surface area contributed by atoms with Crippen LogP contribution in [0.1, 0.15) is 46.2 Å². The molecule has 222 valence electrons.